The molecular weight excluding hydrogens is 256 g/mol. The van der Waals surface area contributed by atoms with Crippen LogP contribution in [0.1, 0.15) is 0 Å². The Labute approximate surface area is 106 Å². The smallest absolute Gasteiger partial charge is 0.224 e. The van der Waals surface area contributed by atoms with E-state index in [1.807, 2.05) is 29.6 Å². The van der Waals surface area contributed by atoms with Gasteiger partial charge in [-0.2, -0.15) is 4.98 Å². The van der Waals surface area contributed by atoms with E-state index in [1.54, 1.807) is 6.20 Å². The molecule has 0 spiro atoms. The molecule has 0 unspecified atom stereocenters. The van der Waals surface area contributed by atoms with Crippen LogP contribution in [0.3, 0.4) is 0 Å². The summed E-state index contributed by atoms with van der Waals surface area (Å²) in [6.07, 6.45) is 1.73. The largest absolute Gasteiger partial charge is 0.316 e. The van der Waals surface area contributed by atoms with E-state index in [1.165, 1.54) is 11.3 Å². The summed E-state index contributed by atoms with van der Waals surface area (Å²) in [4.78, 5) is 12.5. The summed E-state index contributed by atoms with van der Waals surface area (Å²) in [5.41, 5.74) is 0.812. The van der Waals surface area contributed by atoms with Gasteiger partial charge in [-0.3, -0.25) is 0 Å². The maximum Gasteiger partial charge on any atom is 0.224 e. The molecule has 0 fully saturated rings. The third kappa shape index (κ3) is 2.07. The van der Waals surface area contributed by atoms with Crippen LogP contribution in [0.25, 0.3) is 10.9 Å². The maximum atomic E-state index is 5.88. The molecule has 3 rings (SSSR count). The first-order valence-corrected chi connectivity index (χ1v) is 6.17. The normalized spacial score (nSPS) is 10.6. The van der Waals surface area contributed by atoms with Crippen LogP contribution in [0.15, 0.2) is 35.8 Å². The highest BCUT2D eigenvalue weighted by molar-refractivity contribution is 7.13. The maximum absolute atomic E-state index is 5.88. The van der Waals surface area contributed by atoms with Crippen LogP contribution in [-0.4, -0.2) is 15.0 Å². The Hall–Kier alpha value is -1.72. The first kappa shape index (κ1) is 10.4. The van der Waals surface area contributed by atoms with E-state index in [4.69, 9.17) is 11.6 Å². The Morgan fingerprint density at radius 2 is 2.06 bits per heavy atom. The summed E-state index contributed by atoms with van der Waals surface area (Å²) < 4.78 is 0. The third-order valence-corrected chi connectivity index (χ3v) is 3.09. The van der Waals surface area contributed by atoms with E-state index in [2.05, 4.69) is 20.3 Å². The number of rotatable bonds is 2. The van der Waals surface area contributed by atoms with E-state index < -0.39 is 0 Å². The predicted octanol–water partition coefficient (Wildman–Crippen LogP) is 3.48. The number of thiazole rings is 1. The van der Waals surface area contributed by atoms with Crippen LogP contribution >= 0.6 is 22.9 Å². The summed E-state index contributed by atoms with van der Waals surface area (Å²) in [5.74, 6) is 0.676. The summed E-state index contributed by atoms with van der Waals surface area (Å²) in [5, 5.41) is 6.97. The highest BCUT2D eigenvalue weighted by Crippen LogP contribution is 2.25. The van der Waals surface area contributed by atoms with Crippen LogP contribution in [0.2, 0.25) is 5.28 Å². The zero-order valence-corrected chi connectivity index (χ0v) is 10.2. The number of aromatic nitrogens is 3. The lowest BCUT2D eigenvalue weighted by Gasteiger charge is -2.05. The fourth-order valence-electron chi connectivity index (χ4n) is 1.53. The lowest BCUT2D eigenvalue weighted by molar-refractivity contribution is 1.21. The van der Waals surface area contributed by atoms with Crippen molar-refractivity contribution >= 4 is 44.8 Å². The number of nitrogens with one attached hydrogen (secondary N) is 1. The van der Waals surface area contributed by atoms with Crippen molar-refractivity contribution in [1.29, 1.82) is 0 Å². The summed E-state index contributed by atoms with van der Waals surface area (Å²) in [7, 11) is 0. The molecule has 84 valence electrons. The Morgan fingerprint density at radius 3 is 2.88 bits per heavy atom. The SMILES string of the molecule is Clc1nc(Nc2nccs2)c2ccccc2n1. The number of para-hydroxylation sites is 1. The number of nitrogens with zero attached hydrogens (tertiary/aromatic N) is 3. The molecule has 0 bridgehead atoms. The van der Waals surface area contributed by atoms with Gasteiger partial charge in [-0.1, -0.05) is 12.1 Å². The summed E-state index contributed by atoms with van der Waals surface area (Å²) in [6.45, 7) is 0. The molecule has 2 heterocycles. The molecule has 0 aliphatic heterocycles. The minimum atomic E-state index is 0.225. The lowest BCUT2D eigenvalue weighted by atomic mass is 10.2. The van der Waals surface area contributed by atoms with Crippen molar-refractivity contribution in [3.8, 4) is 0 Å². The molecule has 1 aromatic carbocycles. The standard InChI is InChI=1S/C11H7ClN4S/c12-10-14-8-4-2-1-3-7(8)9(15-10)16-11-13-5-6-17-11/h1-6H,(H,13,14,15,16). The molecule has 0 aliphatic carbocycles. The predicted molar refractivity (Wildman–Crippen MR) is 69.9 cm³/mol. The van der Waals surface area contributed by atoms with Crippen molar-refractivity contribution in [2.24, 2.45) is 0 Å². The fourth-order valence-corrected chi connectivity index (χ4v) is 2.23. The van der Waals surface area contributed by atoms with Crippen molar-refractivity contribution in [3.05, 3.63) is 41.1 Å². The van der Waals surface area contributed by atoms with Crippen LogP contribution in [0.4, 0.5) is 10.9 Å². The van der Waals surface area contributed by atoms with Gasteiger partial charge in [0.15, 0.2) is 5.13 Å². The molecule has 0 amide bonds. The molecule has 0 atom stereocenters. The second kappa shape index (κ2) is 4.27. The minimum Gasteiger partial charge on any atom is -0.316 e. The number of halogens is 1. The molecule has 0 radical (unpaired) electrons. The van der Waals surface area contributed by atoms with Crippen molar-refractivity contribution in [1.82, 2.24) is 15.0 Å². The molecule has 0 aliphatic rings. The Morgan fingerprint density at radius 1 is 1.18 bits per heavy atom. The Balaban J connectivity index is 2.14. The van der Waals surface area contributed by atoms with E-state index in [0.717, 1.165) is 16.0 Å². The minimum absolute atomic E-state index is 0.225. The van der Waals surface area contributed by atoms with Crippen LogP contribution < -0.4 is 5.32 Å². The van der Waals surface area contributed by atoms with Crippen molar-refractivity contribution in [2.75, 3.05) is 5.32 Å². The Bertz CT molecular complexity index is 654. The van der Waals surface area contributed by atoms with Gasteiger partial charge in [0.05, 0.1) is 5.52 Å². The highest BCUT2D eigenvalue weighted by atomic mass is 35.5. The monoisotopic (exact) mass is 262 g/mol. The van der Waals surface area contributed by atoms with Gasteiger partial charge < -0.3 is 5.32 Å². The van der Waals surface area contributed by atoms with Gasteiger partial charge in [0, 0.05) is 17.0 Å². The highest BCUT2D eigenvalue weighted by Gasteiger charge is 2.07. The lowest BCUT2D eigenvalue weighted by Crippen LogP contribution is -1.96. The van der Waals surface area contributed by atoms with Gasteiger partial charge in [-0.15, -0.1) is 11.3 Å². The van der Waals surface area contributed by atoms with Crippen LogP contribution in [-0.2, 0) is 0 Å². The van der Waals surface area contributed by atoms with Gasteiger partial charge in [0.25, 0.3) is 0 Å². The Kier molecular flexibility index (Phi) is 2.62. The van der Waals surface area contributed by atoms with E-state index in [0.29, 0.717) is 5.82 Å². The van der Waals surface area contributed by atoms with Crippen LogP contribution in [0.5, 0.6) is 0 Å². The van der Waals surface area contributed by atoms with E-state index in [-0.39, 0.29) is 5.28 Å². The third-order valence-electron chi connectivity index (χ3n) is 2.23. The molecule has 6 heteroatoms. The van der Waals surface area contributed by atoms with Gasteiger partial charge in [0.1, 0.15) is 5.82 Å². The van der Waals surface area contributed by atoms with E-state index >= 15 is 0 Å². The summed E-state index contributed by atoms with van der Waals surface area (Å²) >= 11 is 7.39. The number of hydrogen-bond acceptors (Lipinski definition) is 5. The molecule has 0 saturated carbocycles. The molecular formula is C11H7ClN4S. The first-order chi connectivity index (χ1) is 8.33. The second-order valence-corrected chi connectivity index (χ2v) is 4.55. The number of fused-ring (bicyclic) bond motifs is 1. The quantitative estimate of drug-likeness (QED) is 0.719. The number of benzene rings is 1. The van der Waals surface area contributed by atoms with Gasteiger partial charge in [-0.05, 0) is 23.7 Å². The van der Waals surface area contributed by atoms with Gasteiger partial charge in [0.2, 0.25) is 5.28 Å². The molecule has 1 N–H and O–H groups in total. The van der Waals surface area contributed by atoms with Crippen molar-refractivity contribution in [2.45, 2.75) is 0 Å². The molecule has 17 heavy (non-hydrogen) atoms. The molecule has 2 aromatic heterocycles. The van der Waals surface area contributed by atoms with Crippen molar-refractivity contribution in [3.63, 3.8) is 0 Å². The van der Waals surface area contributed by atoms with E-state index in [9.17, 15) is 0 Å². The van der Waals surface area contributed by atoms with Gasteiger partial charge >= 0.3 is 0 Å². The fraction of sp³-hybridized carbons (Fsp3) is 0. The average molecular weight is 263 g/mol. The molecule has 0 saturated heterocycles. The summed E-state index contributed by atoms with van der Waals surface area (Å²) in [6, 6.07) is 7.70. The zero-order valence-electron chi connectivity index (χ0n) is 8.59. The first-order valence-electron chi connectivity index (χ1n) is 4.92. The number of anilines is 2. The number of hydrogen-bond donors (Lipinski definition) is 1. The van der Waals surface area contributed by atoms with Crippen molar-refractivity contribution < 1.29 is 0 Å². The molecule has 3 aromatic rings. The van der Waals surface area contributed by atoms with Crippen LogP contribution in [0, 0.1) is 0 Å². The zero-order chi connectivity index (χ0) is 11.7. The topological polar surface area (TPSA) is 50.7 Å². The molecule has 4 nitrogen and oxygen atoms in total. The van der Waals surface area contributed by atoms with Gasteiger partial charge in [-0.25, -0.2) is 9.97 Å². The average Bonchev–Trinajstić information content (AvgIpc) is 2.81. The second-order valence-electron chi connectivity index (χ2n) is 3.32.